The minimum absolute atomic E-state index is 0.207. The predicted molar refractivity (Wildman–Crippen MR) is 142 cm³/mol. The maximum atomic E-state index is 13.0. The highest BCUT2D eigenvalue weighted by molar-refractivity contribution is 6.03. The summed E-state index contributed by atoms with van der Waals surface area (Å²) in [5.74, 6) is -0.258. The minimum atomic E-state index is -0.258. The van der Waals surface area contributed by atoms with Gasteiger partial charge < -0.3 is 15.0 Å². The summed E-state index contributed by atoms with van der Waals surface area (Å²) in [6.45, 7) is 13.2. The molecule has 1 aliphatic heterocycles. The van der Waals surface area contributed by atoms with E-state index in [1.54, 1.807) is 16.9 Å². The molecule has 1 saturated heterocycles. The van der Waals surface area contributed by atoms with Gasteiger partial charge in [0.25, 0.3) is 5.91 Å². The maximum absolute atomic E-state index is 13.0. The third-order valence-electron chi connectivity index (χ3n) is 6.36. The van der Waals surface area contributed by atoms with Crippen LogP contribution in [0.25, 0.3) is 16.9 Å². The summed E-state index contributed by atoms with van der Waals surface area (Å²) >= 11 is 0. The Kier molecular flexibility index (Phi) is 6.51. The highest BCUT2D eigenvalue weighted by atomic mass is 16.5. The molecule has 37 heavy (non-hydrogen) atoms. The Hall–Kier alpha value is -4.05. The van der Waals surface area contributed by atoms with Crippen LogP contribution in [0.3, 0.4) is 0 Å². The average molecular weight is 501 g/mol. The second kappa shape index (κ2) is 9.78. The first-order valence-corrected chi connectivity index (χ1v) is 12.4. The lowest BCUT2D eigenvalue weighted by Gasteiger charge is -2.28. The van der Waals surface area contributed by atoms with Crippen LogP contribution in [-0.4, -0.2) is 62.0 Å². The molecule has 10 nitrogen and oxygen atoms in total. The zero-order chi connectivity index (χ0) is 26.2. The molecule has 0 aliphatic carbocycles. The van der Waals surface area contributed by atoms with Gasteiger partial charge in [-0.2, -0.15) is 5.10 Å². The molecule has 192 valence electrons. The van der Waals surface area contributed by atoms with Crippen molar-refractivity contribution >= 4 is 17.3 Å². The summed E-state index contributed by atoms with van der Waals surface area (Å²) in [5.41, 5.74) is 6.24. The summed E-state index contributed by atoms with van der Waals surface area (Å²) in [6.07, 6.45) is 5.53. The van der Waals surface area contributed by atoms with Crippen LogP contribution in [0.4, 0.5) is 11.4 Å². The molecular weight excluding hydrogens is 468 g/mol. The zero-order valence-electron chi connectivity index (χ0n) is 21.9. The molecule has 1 aromatic carbocycles. The van der Waals surface area contributed by atoms with Gasteiger partial charge in [-0.15, -0.1) is 5.10 Å². The molecule has 1 aliphatic rings. The van der Waals surface area contributed by atoms with Crippen LogP contribution in [0.1, 0.15) is 42.5 Å². The Morgan fingerprint density at radius 3 is 2.57 bits per heavy atom. The fraction of sp³-hybridized carbons (Fsp3) is 0.370. The van der Waals surface area contributed by atoms with E-state index in [1.165, 1.54) is 0 Å². The molecule has 3 aromatic heterocycles. The number of aryl methyl sites for hydroxylation is 2. The van der Waals surface area contributed by atoms with E-state index in [9.17, 15) is 4.79 Å². The van der Waals surface area contributed by atoms with Crippen molar-refractivity contribution in [1.29, 1.82) is 0 Å². The van der Waals surface area contributed by atoms with Crippen molar-refractivity contribution in [2.75, 3.05) is 36.5 Å². The highest BCUT2D eigenvalue weighted by Crippen LogP contribution is 2.25. The average Bonchev–Trinajstić information content (AvgIpc) is 3.53. The number of ether oxygens (including phenoxy) is 1. The number of rotatable bonds is 5. The molecule has 0 atom stereocenters. The normalized spacial score (nSPS) is 14.1. The Morgan fingerprint density at radius 2 is 1.84 bits per heavy atom. The minimum Gasteiger partial charge on any atom is -0.378 e. The number of hydrogen-bond donors (Lipinski definition) is 1. The van der Waals surface area contributed by atoms with E-state index >= 15 is 0 Å². The number of carbonyl (C=O) groups is 1. The number of benzene rings is 1. The maximum Gasteiger partial charge on any atom is 0.276 e. The van der Waals surface area contributed by atoms with Gasteiger partial charge in [0.05, 0.1) is 42.5 Å². The molecule has 1 N–H and O–H groups in total. The van der Waals surface area contributed by atoms with Crippen molar-refractivity contribution in [3.8, 4) is 16.9 Å². The molecule has 4 heterocycles. The van der Waals surface area contributed by atoms with Gasteiger partial charge in [-0.1, -0.05) is 11.3 Å². The molecule has 0 radical (unpaired) electrons. The van der Waals surface area contributed by atoms with Crippen molar-refractivity contribution in [3.05, 3.63) is 65.9 Å². The van der Waals surface area contributed by atoms with Crippen molar-refractivity contribution < 1.29 is 9.53 Å². The van der Waals surface area contributed by atoms with E-state index in [2.05, 4.69) is 57.4 Å². The standard InChI is InChI=1S/C27H32N8O2/c1-18-6-7-21(29-26(36)23-12-19(2)35(31-23)27(3,4)5)14-25(18)34-17-24(30-32-34)20-13-22(16-28-15-20)33-8-10-37-11-9-33/h6-7,12-17H,8-11H2,1-5H3,(H,29,36). The van der Waals surface area contributed by atoms with E-state index in [4.69, 9.17) is 4.74 Å². The number of aromatic nitrogens is 6. The van der Waals surface area contributed by atoms with E-state index in [1.807, 2.05) is 49.1 Å². The van der Waals surface area contributed by atoms with Gasteiger partial charge in [0.1, 0.15) is 5.69 Å². The molecule has 0 saturated carbocycles. The third kappa shape index (κ3) is 5.24. The number of morpholine rings is 1. The Morgan fingerprint density at radius 1 is 1.05 bits per heavy atom. The molecule has 5 rings (SSSR count). The molecule has 0 unspecified atom stereocenters. The third-order valence-corrected chi connectivity index (χ3v) is 6.36. The SMILES string of the molecule is Cc1ccc(NC(=O)c2cc(C)n(C(C)(C)C)n2)cc1-n1cc(-c2cncc(N3CCOCC3)c2)nn1. The summed E-state index contributed by atoms with van der Waals surface area (Å²) in [7, 11) is 0. The lowest BCUT2D eigenvalue weighted by molar-refractivity contribution is 0.102. The van der Waals surface area contributed by atoms with Crippen LogP contribution < -0.4 is 10.2 Å². The number of amides is 1. The number of nitrogens with zero attached hydrogens (tertiary/aromatic N) is 7. The van der Waals surface area contributed by atoms with Gasteiger partial charge in [-0.05, 0) is 64.4 Å². The molecule has 0 bridgehead atoms. The molecular formula is C27H32N8O2. The van der Waals surface area contributed by atoms with Crippen LogP contribution in [-0.2, 0) is 10.3 Å². The second-order valence-electron chi connectivity index (χ2n) is 10.3. The number of anilines is 2. The molecule has 1 fully saturated rings. The van der Waals surface area contributed by atoms with Crippen molar-refractivity contribution in [3.63, 3.8) is 0 Å². The van der Waals surface area contributed by atoms with Gasteiger partial charge in [-0.3, -0.25) is 14.5 Å². The van der Waals surface area contributed by atoms with E-state index < -0.39 is 0 Å². The first-order chi connectivity index (χ1) is 17.7. The smallest absolute Gasteiger partial charge is 0.276 e. The summed E-state index contributed by atoms with van der Waals surface area (Å²) in [6, 6.07) is 9.60. The van der Waals surface area contributed by atoms with Crippen LogP contribution in [0.2, 0.25) is 0 Å². The lowest BCUT2D eigenvalue weighted by Crippen LogP contribution is -2.36. The van der Waals surface area contributed by atoms with Gasteiger partial charge >= 0.3 is 0 Å². The van der Waals surface area contributed by atoms with Crippen molar-refractivity contribution in [2.45, 2.75) is 40.2 Å². The first-order valence-electron chi connectivity index (χ1n) is 12.4. The number of nitrogens with one attached hydrogen (secondary N) is 1. The van der Waals surface area contributed by atoms with Crippen LogP contribution >= 0.6 is 0 Å². The van der Waals surface area contributed by atoms with Crippen LogP contribution in [0, 0.1) is 13.8 Å². The molecule has 4 aromatic rings. The predicted octanol–water partition coefficient (Wildman–Crippen LogP) is 3.99. The molecule has 1 amide bonds. The monoisotopic (exact) mass is 500 g/mol. The zero-order valence-corrected chi connectivity index (χ0v) is 21.9. The fourth-order valence-corrected chi connectivity index (χ4v) is 4.47. The Labute approximate surface area is 216 Å². The summed E-state index contributed by atoms with van der Waals surface area (Å²) < 4.78 is 9.05. The topological polar surface area (TPSA) is 103 Å². The van der Waals surface area contributed by atoms with Crippen molar-refractivity contribution in [2.24, 2.45) is 0 Å². The highest BCUT2D eigenvalue weighted by Gasteiger charge is 2.21. The number of pyridine rings is 1. The van der Waals surface area contributed by atoms with Gasteiger partial charge in [-0.25, -0.2) is 4.68 Å². The lowest BCUT2D eigenvalue weighted by atomic mass is 10.1. The van der Waals surface area contributed by atoms with Gasteiger partial charge in [0.2, 0.25) is 0 Å². The Bertz CT molecular complexity index is 1430. The van der Waals surface area contributed by atoms with Crippen LogP contribution in [0.15, 0.2) is 48.9 Å². The quantitative estimate of drug-likeness (QED) is 0.442. The Balaban J connectivity index is 1.37. The van der Waals surface area contributed by atoms with E-state index in [0.29, 0.717) is 24.6 Å². The molecule has 10 heteroatoms. The van der Waals surface area contributed by atoms with Crippen LogP contribution in [0.5, 0.6) is 0 Å². The second-order valence-corrected chi connectivity index (χ2v) is 10.3. The summed E-state index contributed by atoms with van der Waals surface area (Å²) in [4.78, 5) is 19.6. The van der Waals surface area contributed by atoms with E-state index in [0.717, 1.165) is 47.0 Å². The number of hydrogen-bond acceptors (Lipinski definition) is 7. The van der Waals surface area contributed by atoms with E-state index in [-0.39, 0.29) is 11.4 Å². The molecule has 0 spiro atoms. The van der Waals surface area contributed by atoms with Gasteiger partial charge in [0.15, 0.2) is 5.69 Å². The summed E-state index contributed by atoms with van der Waals surface area (Å²) in [5, 5.41) is 16.2. The number of carbonyl (C=O) groups excluding carboxylic acids is 1. The first kappa shape index (κ1) is 24.6. The van der Waals surface area contributed by atoms with Crippen molar-refractivity contribution in [1.82, 2.24) is 29.8 Å². The largest absolute Gasteiger partial charge is 0.378 e. The fourth-order valence-electron chi connectivity index (χ4n) is 4.47. The van der Waals surface area contributed by atoms with Gasteiger partial charge in [0, 0.05) is 36.2 Å².